The van der Waals surface area contributed by atoms with Crippen molar-refractivity contribution in [3.8, 4) is 0 Å². The highest BCUT2D eigenvalue weighted by molar-refractivity contribution is 6.31. The van der Waals surface area contributed by atoms with E-state index >= 15 is 0 Å². The van der Waals surface area contributed by atoms with Crippen LogP contribution in [0.4, 0.5) is 4.39 Å². The van der Waals surface area contributed by atoms with Crippen LogP contribution in [-0.2, 0) is 0 Å². The SMILES string of the molecule is Cc1ccc(F)c(C(NN)c2cc3cc(Cl)ccc3o2)c1. The summed E-state index contributed by atoms with van der Waals surface area (Å²) >= 11 is 5.96. The third kappa shape index (κ3) is 2.65. The number of nitrogens with one attached hydrogen (secondary N) is 1. The molecule has 2 aromatic carbocycles. The van der Waals surface area contributed by atoms with Gasteiger partial charge in [-0.05, 0) is 37.3 Å². The Morgan fingerprint density at radius 3 is 2.76 bits per heavy atom. The molecular formula is C16H14ClFN2O. The van der Waals surface area contributed by atoms with Crippen molar-refractivity contribution in [2.24, 2.45) is 5.84 Å². The van der Waals surface area contributed by atoms with Gasteiger partial charge < -0.3 is 4.42 Å². The van der Waals surface area contributed by atoms with Gasteiger partial charge in [-0.3, -0.25) is 5.84 Å². The van der Waals surface area contributed by atoms with E-state index in [9.17, 15) is 4.39 Å². The number of nitrogens with two attached hydrogens (primary N) is 1. The second kappa shape index (κ2) is 5.48. The smallest absolute Gasteiger partial charge is 0.134 e. The summed E-state index contributed by atoms with van der Waals surface area (Å²) in [7, 11) is 0. The Morgan fingerprint density at radius 2 is 2.00 bits per heavy atom. The quantitative estimate of drug-likeness (QED) is 0.566. The molecule has 1 heterocycles. The van der Waals surface area contributed by atoms with Crippen molar-refractivity contribution < 1.29 is 8.81 Å². The molecule has 108 valence electrons. The van der Waals surface area contributed by atoms with Crippen LogP contribution < -0.4 is 11.3 Å². The van der Waals surface area contributed by atoms with Crippen molar-refractivity contribution in [3.05, 3.63) is 70.2 Å². The Kier molecular flexibility index (Phi) is 3.68. The molecule has 5 heteroatoms. The monoisotopic (exact) mass is 304 g/mol. The molecule has 1 atom stereocenters. The van der Waals surface area contributed by atoms with Crippen molar-refractivity contribution in [3.63, 3.8) is 0 Å². The van der Waals surface area contributed by atoms with Gasteiger partial charge in [0.05, 0.1) is 0 Å². The van der Waals surface area contributed by atoms with Crippen LogP contribution in [0.5, 0.6) is 0 Å². The summed E-state index contributed by atoms with van der Waals surface area (Å²) in [5, 5.41) is 1.47. The van der Waals surface area contributed by atoms with E-state index in [0.29, 0.717) is 21.9 Å². The normalized spacial score (nSPS) is 12.8. The molecule has 1 unspecified atom stereocenters. The highest BCUT2D eigenvalue weighted by Crippen LogP contribution is 2.30. The second-order valence-electron chi connectivity index (χ2n) is 4.96. The van der Waals surface area contributed by atoms with Gasteiger partial charge in [-0.15, -0.1) is 0 Å². The molecule has 3 rings (SSSR count). The van der Waals surface area contributed by atoms with Gasteiger partial charge in [0.15, 0.2) is 0 Å². The third-order valence-corrected chi connectivity index (χ3v) is 3.65. The first-order valence-electron chi connectivity index (χ1n) is 6.49. The molecule has 0 aliphatic rings. The molecule has 0 bridgehead atoms. The number of fused-ring (bicyclic) bond motifs is 1. The summed E-state index contributed by atoms with van der Waals surface area (Å²) in [6.45, 7) is 1.90. The zero-order chi connectivity index (χ0) is 15.0. The van der Waals surface area contributed by atoms with Crippen LogP contribution in [0.15, 0.2) is 46.9 Å². The highest BCUT2D eigenvalue weighted by atomic mass is 35.5. The molecule has 0 fully saturated rings. The molecule has 0 amide bonds. The van der Waals surface area contributed by atoms with E-state index in [1.807, 2.05) is 13.0 Å². The Balaban J connectivity index is 2.11. The van der Waals surface area contributed by atoms with E-state index in [-0.39, 0.29) is 5.82 Å². The Bertz CT molecular complexity index is 800. The molecule has 3 N–H and O–H groups in total. The lowest BCUT2D eigenvalue weighted by Crippen LogP contribution is -2.29. The molecule has 0 saturated heterocycles. The zero-order valence-electron chi connectivity index (χ0n) is 11.4. The minimum Gasteiger partial charge on any atom is -0.459 e. The van der Waals surface area contributed by atoms with E-state index in [1.165, 1.54) is 6.07 Å². The molecule has 0 radical (unpaired) electrons. The van der Waals surface area contributed by atoms with Crippen molar-refractivity contribution in [1.82, 2.24) is 5.43 Å². The predicted molar refractivity (Wildman–Crippen MR) is 81.5 cm³/mol. The number of hydrogen-bond donors (Lipinski definition) is 2. The van der Waals surface area contributed by atoms with Gasteiger partial charge in [0.2, 0.25) is 0 Å². The van der Waals surface area contributed by atoms with Crippen LogP contribution in [-0.4, -0.2) is 0 Å². The van der Waals surface area contributed by atoms with Crippen molar-refractivity contribution in [2.75, 3.05) is 0 Å². The molecule has 0 saturated carbocycles. The molecule has 3 nitrogen and oxygen atoms in total. The van der Waals surface area contributed by atoms with Gasteiger partial charge in [-0.2, -0.15) is 0 Å². The number of rotatable bonds is 3. The first kappa shape index (κ1) is 14.1. The van der Waals surface area contributed by atoms with Crippen LogP contribution in [0, 0.1) is 12.7 Å². The first-order valence-corrected chi connectivity index (χ1v) is 6.87. The van der Waals surface area contributed by atoms with Crippen molar-refractivity contribution in [2.45, 2.75) is 13.0 Å². The largest absolute Gasteiger partial charge is 0.459 e. The number of aryl methyl sites for hydroxylation is 1. The molecule has 0 aliphatic heterocycles. The van der Waals surface area contributed by atoms with Crippen LogP contribution in [0.25, 0.3) is 11.0 Å². The number of hydrazine groups is 1. The fourth-order valence-corrected chi connectivity index (χ4v) is 2.57. The third-order valence-electron chi connectivity index (χ3n) is 3.41. The van der Waals surface area contributed by atoms with Crippen molar-refractivity contribution in [1.29, 1.82) is 0 Å². The van der Waals surface area contributed by atoms with Gasteiger partial charge in [0.25, 0.3) is 0 Å². The Hall–Kier alpha value is -1.88. The number of benzene rings is 2. The van der Waals surface area contributed by atoms with E-state index < -0.39 is 6.04 Å². The summed E-state index contributed by atoms with van der Waals surface area (Å²) in [6, 6.07) is 11.5. The maximum atomic E-state index is 14.1. The summed E-state index contributed by atoms with van der Waals surface area (Å²) in [5.41, 5.74) is 4.69. The maximum absolute atomic E-state index is 14.1. The van der Waals surface area contributed by atoms with Crippen LogP contribution in [0.1, 0.15) is 22.9 Å². The lowest BCUT2D eigenvalue weighted by Gasteiger charge is -2.15. The molecular weight excluding hydrogens is 291 g/mol. The molecule has 21 heavy (non-hydrogen) atoms. The van der Waals surface area contributed by atoms with Crippen LogP contribution in [0.3, 0.4) is 0 Å². The van der Waals surface area contributed by atoms with Crippen LogP contribution in [0.2, 0.25) is 5.02 Å². The maximum Gasteiger partial charge on any atom is 0.134 e. The Labute approximate surface area is 126 Å². The summed E-state index contributed by atoms with van der Waals surface area (Å²) in [5.74, 6) is 5.81. The van der Waals surface area contributed by atoms with E-state index in [1.54, 1.807) is 30.3 Å². The van der Waals surface area contributed by atoms with E-state index in [2.05, 4.69) is 5.43 Å². The van der Waals surface area contributed by atoms with Crippen molar-refractivity contribution >= 4 is 22.6 Å². The zero-order valence-corrected chi connectivity index (χ0v) is 12.1. The van der Waals surface area contributed by atoms with Gasteiger partial charge in [-0.25, -0.2) is 9.82 Å². The lowest BCUT2D eigenvalue weighted by atomic mass is 10.0. The molecule has 3 aromatic rings. The molecule has 0 spiro atoms. The van der Waals surface area contributed by atoms with E-state index in [4.69, 9.17) is 21.9 Å². The van der Waals surface area contributed by atoms with Gasteiger partial charge in [-0.1, -0.05) is 29.3 Å². The fourth-order valence-electron chi connectivity index (χ4n) is 2.39. The van der Waals surface area contributed by atoms with Gasteiger partial charge in [0, 0.05) is 16.0 Å². The average Bonchev–Trinajstić information content (AvgIpc) is 2.86. The second-order valence-corrected chi connectivity index (χ2v) is 5.39. The number of hydrogen-bond acceptors (Lipinski definition) is 3. The lowest BCUT2D eigenvalue weighted by molar-refractivity contribution is 0.462. The topological polar surface area (TPSA) is 51.2 Å². The molecule has 0 aliphatic carbocycles. The standard InChI is InChI=1S/C16H14ClFN2O/c1-9-2-4-13(18)12(6-9)16(20-19)15-8-10-7-11(17)3-5-14(10)21-15/h2-8,16,20H,19H2,1H3. The van der Waals surface area contributed by atoms with Crippen LogP contribution >= 0.6 is 11.6 Å². The Morgan fingerprint density at radius 1 is 1.19 bits per heavy atom. The predicted octanol–water partition coefficient (Wildman–Crippen LogP) is 4.09. The van der Waals surface area contributed by atoms with E-state index in [0.717, 1.165) is 10.9 Å². The number of furan rings is 1. The summed E-state index contributed by atoms with van der Waals surface area (Å²) < 4.78 is 19.8. The first-order chi connectivity index (χ1) is 10.1. The minimum absolute atomic E-state index is 0.331. The summed E-state index contributed by atoms with van der Waals surface area (Å²) in [4.78, 5) is 0. The fraction of sp³-hybridized carbons (Fsp3) is 0.125. The minimum atomic E-state index is -0.559. The summed E-state index contributed by atoms with van der Waals surface area (Å²) in [6.07, 6.45) is 0. The number of halogens is 2. The highest BCUT2D eigenvalue weighted by Gasteiger charge is 2.20. The molecule has 1 aromatic heterocycles. The average molecular weight is 305 g/mol. The van der Waals surface area contributed by atoms with Gasteiger partial charge >= 0.3 is 0 Å². The van der Waals surface area contributed by atoms with Gasteiger partial charge in [0.1, 0.15) is 23.2 Å².